The molecule has 3 heterocycles. The van der Waals surface area contributed by atoms with Gasteiger partial charge in [0.15, 0.2) is 5.15 Å². The summed E-state index contributed by atoms with van der Waals surface area (Å²) in [6.45, 7) is 3.90. The highest BCUT2D eigenvalue weighted by molar-refractivity contribution is 6.29. The zero-order valence-corrected chi connectivity index (χ0v) is 10.8. The second-order valence-electron chi connectivity index (χ2n) is 4.74. The molecule has 0 bridgehead atoms. The topological polar surface area (TPSA) is 47.5 Å². The molecule has 1 aromatic heterocycles. The molecule has 3 rings (SSSR count). The molecule has 98 valence electrons. The Balaban J connectivity index is 1.48. The van der Waals surface area contributed by atoms with Crippen LogP contribution in [0.4, 0.5) is 0 Å². The third-order valence-corrected chi connectivity index (χ3v) is 3.71. The smallest absolute Gasteiger partial charge is 0.233 e. The van der Waals surface area contributed by atoms with E-state index in [4.69, 9.17) is 21.1 Å². The quantitative estimate of drug-likeness (QED) is 0.830. The number of nitrogens with zero attached hydrogens (tertiary/aromatic N) is 3. The van der Waals surface area contributed by atoms with Gasteiger partial charge < -0.3 is 9.47 Å². The van der Waals surface area contributed by atoms with Gasteiger partial charge in [0.05, 0.1) is 19.3 Å². The van der Waals surface area contributed by atoms with Gasteiger partial charge in [0.1, 0.15) is 6.10 Å². The molecular weight excluding hydrogens is 254 g/mol. The molecule has 0 saturated carbocycles. The van der Waals surface area contributed by atoms with Crippen molar-refractivity contribution in [2.75, 3.05) is 26.3 Å². The minimum atomic E-state index is 0.234. The van der Waals surface area contributed by atoms with Gasteiger partial charge in [-0.3, -0.25) is 4.90 Å². The normalized spacial score (nSPS) is 22.7. The summed E-state index contributed by atoms with van der Waals surface area (Å²) >= 11 is 5.68. The molecule has 5 nitrogen and oxygen atoms in total. The summed E-state index contributed by atoms with van der Waals surface area (Å²) in [6, 6.07) is 4.09. The van der Waals surface area contributed by atoms with E-state index in [-0.39, 0.29) is 6.10 Å². The summed E-state index contributed by atoms with van der Waals surface area (Å²) in [7, 11) is 0. The standard InChI is InChI=1S/C12H16ClN3O2/c13-11-1-2-12(15-14-11)18-10-3-5-16(6-4-10)9-7-17-8-9/h1-2,9-10H,3-8H2. The van der Waals surface area contributed by atoms with Crippen LogP contribution in [0.1, 0.15) is 12.8 Å². The first-order valence-electron chi connectivity index (χ1n) is 6.29. The number of likely N-dealkylation sites (tertiary alicyclic amines) is 1. The van der Waals surface area contributed by atoms with Crippen LogP contribution in [0.15, 0.2) is 12.1 Å². The lowest BCUT2D eigenvalue weighted by Crippen LogP contribution is -2.52. The van der Waals surface area contributed by atoms with E-state index in [0.29, 0.717) is 17.1 Å². The fourth-order valence-corrected chi connectivity index (χ4v) is 2.43. The third kappa shape index (κ3) is 2.74. The highest BCUT2D eigenvalue weighted by Crippen LogP contribution is 2.21. The van der Waals surface area contributed by atoms with Crippen LogP contribution in [0.25, 0.3) is 0 Å². The monoisotopic (exact) mass is 269 g/mol. The third-order valence-electron chi connectivity index (χ3n) is 3.51. The van der Waals surface area contributed by atoms with Gasteiger partial charge in [-0.05, 0) is 18.9 Å². The number of rotatable bonds is 3. The number of hydrogen-bond donors (Lipinski definition) is 0. The summed E-state index contributed by atoms with van der Waals surface area (Å²) in [5, 5.41) is 8.08. The van der Waals surface area contributed by atoms with E-state index >= 15 is 0 Å². The Kier molecular flexibility index (Phi) is 3.63. The fourth-order valence-electron chi connectivity index (χ4n) is 2.33. The highest BCUT2D eigenvalue weighted by atomic mass is 35.5. The van der Waals surface area contributed by atoms with Crippen molar-refractivity contribution in [3.8, 4) is 5.88 Å². The van der Waals surface area contributed by atoms with Crippen LogP contribution >= 0.6 is 11.6 Å². The predicted octanol–water partition coefficient (Wildman–Crippen LogP) is 1.37. The van der Waals surface area contributed by atoms with Gasteiger partial charge in [0.25, 0.3) is 0 Å². The molecule has 0 unspecified atom stereocenters. The Morgan fingerprint density at radius 3 is 2.56 bits per heavy atom. The van der Waals surface area contributed by atoms with Crippen molar-refractivity contribution in [3.05, 3.63) is 17.3 Å². The summed E-state index contributed by atoms with van der Waals surface area (Å²) in [4.78, 5) is 2.48. The van der Waals surface area contributed by atoms with E-state index in [1.807, 2.05) is 0 Å². The first kappa shape index (κ1) is 12.1. The van der Waals surface area contributed by atoms with Crippen molar-refractivity contribution in [3.63, 3.8) is 0 Å². The molecule has 0 N–H and O–H groups in total. The first-order valence-corrected chi connectivity index (χ1v) is 6.67. The lowest BCUT2D eigenvalue weighted by atomic mass is 10.0. The minimum Gasteiger partial charge on any atom is -0.473 e. The fraction of sp³-hybridized carbons (Fsp3) is 0.667. The van der Waals surface area contributed by atoms with Crippen LogP contribution in [0.3, 0.4) is 0 Å². The molecule has 1 aromatic rings. The Hall–Kier alpha value is -0.910. The van der Waals surface area contributed by atoms with E-state index in [1.54, 1.807) is 12.1 Å². The molecule has 2 fully saturated rings. The van der Waals surface area contributed by atoms with Crippen LogP contribution in [-0.4, -0.2) is 53.5 Å². The van der Waals surface area contributed by atoms with E-state index in [1.165, 1.54) is 0 Å². The molecule has 0 amide bonds. The molecule has 0 aliphatic carbocycles. The van der Waals surface area contributed by atoms with Crippen LogP contribution < -0.4 is 4.74 Å². The Labute approximate surface area is 111 Å². The maximum absolute atomic E-state index is 5.80. The summed E-state index contributed by atoms with van der Waals surface area (Å²) in [5.41, 5.74) is 0. The molecule has 0 aromatic carbocycles. The molecule has 6 heteroatoms. The maximum Gasteiger partial charge on any atom is 0.233 e. The zero-order valence-electron chi connectivity index (χ0n) is 10.1. The van der Waals surface area contributed by atoms with Gasteiger partial charge >= 0.3 is 0 Å². The van der Waals surface area contributed by atoms with E-state index in [0.717, 1.165) is 39.1 Å². The average molecular weight is 270 g/mol. The van der Waals surface area contributed by atoms with Crippen LogP contribution in [0.5, 0.6) is 5.88 Å². The highest BCUT2D eigenvalue weighted by Gasteiger charge is 2.30. The number of halogens is 1. The summed E-state index contributed by atoms with van der Waals surface area (Å²) in [5.74, 6) is 0.560. The van der Waals surface area contributed by atoms with Crippen molar-refractivity contribution in [2.24, 2.45) is 0 Å². The molecule has 0 radical (unpaired) electrons. The van der Waals surface area contributed by atoms with Crippen molar-refractivity contribution in [1.82, 2.24) is 15.1 Å². The minimum absolute atomic E-state index is 0.234. The van der Waals surface area contributed by atoms with Gasteiger partial charge in [-0.1, -0.05) is 11.6 Å². The molecule has 2 aliphatic rings. The SMILES string of the molecule is Clc1ccc(OC2CCN(C3COC3)CC2)nn1. The summed E-state index contributed by atoms with van der Waals surface area (Å²) < 4.78 is 11.0. The van der Waals surface area contributed by atoms with Crippen LogP contribution in [-0.2, 0) is 4.74 Å². The van der Waals surface area contributed by atoms with Crippen molar-refractivity contribution in [2.45, 2.75) is 25.0 Å². The number of ether oxygens (including phenoxy) is 2. The number of piperidine rings is 1. The van der Waals surface area contributed by atoms with Gasteiger partial charge in [0, 0.05) is 19.2 Å². The molecule has 2 aliphatic heterocycles. The van der Waals surface area contributed by atoms with Gasteiger partial charge in [0.2, 0.25) is 5.88 Å². The molecule has 0 atom stereocenters. The van der Waals surface area contributed by atoms with Crippen molar-refractivity contribution in [1.29, 1.82) is 0 Å². The average Bonchev–Trinajstić information content (AvgIpc) is 2.32. The number of aromatic nitrogens is 2. The van der Waals surface area contributed by atoms with Gasteiger partial charge in [-0.15, -0.1) is 10.2 Å². The van der Waals surface area contributed by atoms with Crippen LogP contribution in [0, 0.1) is 0 Å². The maximum atomic E-state index is 5.80. The number of hydrogen-bond acceptors (Lipinski definition) is 5. The zero-order chi connectivity index (χ0) is 12.4. The lowest BCUT2D eigenvalue weighted by Gasteiger charge is -2.41. The molecular formula is C12H16ClN3O2. The molecule has 0 spiro atoms. The van der Waals surface area contributed by atoms with Crippen LogP contribution in [0.2, 0.25) is 5.15 Å². The molecule has 2 saturated heterocycles. The van der Waals surface area contributed by atoms with Gasteiger partial charge in [-0.25, -0.2) is 0 Å². The molecule has 18 heavy (non-hydrogen) atoms. The van der Waals surface area contributed by atoms with E-state index < -0.39 is 0 Å². The Morgan fingerprint density at radius 1 is 1.22 bits per heavy atom. The second kappa shape index (κ2) is 5.38. The Bertz CT molecular complexity index is 389. The van der Waals surface area contributed by atoms with Gasteiger partial charge in [-0.2, -0.15) is 0 Å². The van der Waals surface area contributed by atoms with E-state index in [9.17, 15) is 0 Å². The van der Waals surface area contributed by atoms with Crippen molar-refractivity contribution >= 4 is 11.6 Å². The Morgan fingerprint density at radius 2 is 2.00 bits per heavy atom. The second-order valence-corrected chi connectivity index (χ2v) is 5.13. The van der Waals surface area contributed by atoms with E-state index in [2.05, 4.69) is 15.1 Å². The predicted molar refractivity (Wildman–Crippen MR) is 66.9 cm³/mol. The first-order chi connectivity index (χ1) is 8.81. The van der Waals surface area contributed by atoms with Crippen molar-refractivity contribution < 1.29 is 9.47 Å². The largest absolute Gasteiger partial charge is 0.473 e. The summed E-state index contributed by atoms with van der Waals surface area (Å²) in [6.07, 6.45) is 2.29. The lowest BCUT2D eigenvalue weighted by molar-refractivity contribution is -0.0780.